The van der Waals surface area contributed by atoms with Gasteiger partial charge in [-0.05, 0) is 25.9 Å². The second kappa shape index (κ2) is 11.0. The SMILES string of the molecule is CCCOCCNCCCNC(C)C. The summed E-state index contributed by atoms with van der Waals surface area (Å²) < 4.78 is 5.35. The van der Waals surface area contributed by atoms with Crippen LogP contribution < -0.4 is 10.6 Å². The van der Waals surface area contributed by atoms with Crippen LogP contribution in [-0.2, 0) is 4.74 Å². The lowest BCUT2D eigenvalue weighted by molar-refractivity contribution is 0.136. The Hall–Kier alpha value is -0.120. The quantitative estimate of drug-likeness (QED) is 0.525. The van der Waals surface area contributed by atoms with E-state index in [2.05, 4.69) is 31.4 Å². The van der Waals surface area contributed by atoms with Crippen LogP contribution in [0, 0.1) is 0 Å². The number of hydrogen-bond donors (Lipinski definition) is 2. The van der Waals surface area contributed by atoms with E-state index in [0.717, 1.165) is 39.3 Å². The Labute approximate surface area is 88.6 Å². The summed E-state index contributed by atoms with van der Waals surface area (Å²) in [6.45, 7) is 11.3. The van der Waals surface area contributed by atoms with E-state index in [1.807, 2.05) is 0 Å². The lowest BCUT2D eigenvalue weighted by atomic mass is 10.3. The maximum atomic E-state index is 5.35. The molecule has 0 amide bonds. The molecular weight excluding hydrogens is 176 g/mol. The lowest BCUT2D eigenvalue weighted by Gasteiger charge is -2.08. The van der Waals surface area contributed by atoms with Crippen LogP contribution in [0.4, 0.5) is 0 Å². The Bertz CT molecular complexity index is 107. The van der Waals surface area contributed by atoms with Crippen LogP contribution in [0.2, 0.25) is 0 Å². The van der Waals surface area contributed by atoms with E-state index in [0.29, 0.717) is 6.04 Å². The summed E-state index contributed by atoms with van der Waals surface area (Å²) in [6.07, 6.45) is 2.30. The molecule has 0 saturated carbocycles. The van der Waals surface area contributed by atoms with E-state index in [1.54, 1.807) is 0 Å². The average molecular weight is 202 g/mol. The summed E-state index contributed by atoms with van der Waals surface area (Å²) in [5.74, 6) is 0. The molecule has 0 bridgehead atoms. The Morgan fingerprint density at radius 3 is 2.50 bits per heavy atom. The van der Waals surface area contributed by atoms with Gasteiger partial charge in [-0.1, -0.05) is 20.8 Å². The molecule has 0 atom stereocenters. The number of rotatable bonds is 10. The van der Waals surface area contributed by atoms with Gasteiger partial charge in [0.15, 0.2) is 0 Å². The first-order valence-electron chi connectivity index (χ1n) is 5.79. The van der Waals surface area contributed by atoms with Gasteiger partial charge in [0.25, 0.3) is 0 Å². The molecule has 0 rings (SSSR count). The van der Waals surface area contributed by atoms with Crippen molar-refractivity contribution in [1.82, 2.24) is 10.6 Å². The highest BCUT2D eigenvalue weighted by molar-refractivity contribution is 4.54. The maximum Gasteiger partial charge on any atom is 0.0590 e. The minimum Gasteiger partial charge on any atom is -0.380 e. The van der Waals surface area contributed by atoms with Gasteiger partial charge in [-0.3, -0.25) is 0 Å². The summed E-state index contributed by atoms with van der Waals surface area (Å²) in [6, 6.07) is 0.600. The van der Waals surface area contributed by atoms with Gasteiger partial charge in [0.2, 0.25) is 0 Å². The average Bonchev–Trinajstić information content (AvgIpc) is 2.15. The molecule has 0 aliphatic rings. The van der Waals surface area contributed by atoms with Crippen molar-refractivity contribution in [2.75, 3.05) is 32.8 Å². The molecule has 0 aromatic rings. The van der Waals surface area contributed by atoms with Crippen LogP contribution in [-0.4, -0.2) is 38.9 Å². The molecule has 2 N–H and O–H groups in total. The van der Waals surface area contributed by atoms with Gasteiger partial charge in [0.1, 0.15) is 0 Å². The zero-order valence-electron chi connectivity index (χ0n) is 9.94. The van der Waals surface area contributed by atoms with Gasteiger partial charge in [-0.2, -0.15) is 0 Å². The molecule has 0 unspecified atom stereocenters. The molecule has 0 aliphatic carbocycles. The predicted molar refractivity (Wildman–Crippen MR) is 61.7 cm³/mol. The van der Waals surface area contributed by atoms with Crippen molar-refractivity contribution in [3.63, 3.8) is 0 Å². The molecule has 0 aromatic heterocycles. The molecule has 0 spiro atoms. The Morgan fingerprint density at radius 2 is 1.86 bits per heavy atom. The molecule has 0 saturated heterocycles. The first-order chi connectivity index (χ1) is 6.77. The Balaban J connectivity index is 2.85. The number of hydrogen-bond acceptors (Lipinski definition) is 3. The van der Waals surface area contributed by atoms with Gasteiger partial charge in [0, 0.05) is 19.2 Å². The normalized spacial score (nSPS) is 11.1. The smallest absolute Gasteiger partial charge is 0.0590 e. The standard InChI is InChI=1S/C11H26N2O/c1-4-9-14-10-8-12-6-5-7-13-11(2)3/h11-13H,4-10H2,1-3H3. The Kier molecular flexibility index (Phi) is 10.9. The highest BCUT2D eigenvalue weighted by Gasteiger charge is 1.91. The van der Waals surface area contributed by atoms with Gasteiger partial charge < -0.3 is 15.4 Å². The molecule has 0 aromatic carbocycles. The molecule has 3 nitrogen and oxygen atoms in total. The zero-order chi connectivity index (χ0) is 10.6. The number of nitrogens with one attached hydrogen (secondary N) is 2. The van der Waals surface area contributed by atoms with Crippen LogP contribution in [0.1, 0.15) is 33.6 Å². The molecule has 0 fully saturated rings. The first-order valence-corrected chi connectivity index (χ1v) is 5.79. The molecule has 14 heavy (non-hydrogen) atoms. The maximum absolute atomic E-state index is 5.35. The van der Waals surface area contributed by atoms with E-state index in [-0.39, 0.29) is 0 Å². The third-order valence-electron chi connectivity index (χ3n) is 1.85. The van der Waals surface area contributed by atoms with Crippen molar-refractivity contribution in [2.45, 2.75) is 39.7 Å². The monoisotopic (exact) mass is 202 g/mol. The highest BCUT2D eigenvalue weighted by Crippen LogP contribution is 1.80. The highest BCUT2D eigenvalue weighted by atomic mass is 16.5. The van der Waals surface area contributed by atoms with Crippen LogP contribution in [0.5, 0.6) is 0 Å². The summed E-state index contributed by atoms with van der Waals surface area (Å²) in [7, 11) is 0. The second-order valence-corrected chi connectivity index (χ2v) is 3.82. The summed E-state index contributed by atoms with van der Waals surface area (Å²) >= 11 is 0. The van der Waals surface area contributed by atoms with Crippen LogP contribution in [0.15, 0.2) is 0 Å². The molecule has 86 valence electrons. The fourth-order valence-electron chi connectivity index (χ4n) is 1.12. The Morgan fingerprint density at radius 1 is 1.07 bits per heavy atom. The first kappa shape index (κ1) is 13.9. The van der Waals surface area contributed by atoms with Gasteiger partial charge >= 0.3 is 0 Å². The molecular formula is C11H26N2O. The molecule has 3 heteroatoms. The van der Waals surface area contributed by atoms with Gasteiger partial charge in [-0.25, -0.2) is 0 Å². The van der Waals surface area contributed by atoms with Crippen LogP contribution >= 0.6 is 0 Å². The van der Waals surface area contributed by atoms with Crippen molar-refractivity contribution in [3.8, 4) is 0 Å². The van der Waals surface area contributed by atoms with E-state index >= 15 is 0 Å². The van der Waals surface area contributed by atoms with E-state index in [1.165, 1.54) is 6.42 Å². The summed E-state index contributed by atoms with van der Waals surface area (Å²) in [5.41, 5.74) is 0. The summed E-state index contributed by atoms with van der Waals surface area (Å²) in [4.78, 5) is 0. The summed E-state index contributed by atoms with van der Waals surface area (Å²) in [5, 5.41) is 6.74. The van der Waals surface area contributed by atoms with Gasteiger partial charge in [0.05, 0.1) is 6.61 Å². The molecule has 0 aliphatic heterocycles. The third-order valence-corrected chi connectivity index (χ3v) is 1.85. The fourth-order valence-corrected chi connectivity index (χ4v) is 1.12. The van der Waals surface area contributed by atoms with Crippen molar-refractivity contribution >= 4 is 0 Å². The second-order valence-electron chi connectivity index (χ2n) is 3.82. The van der Waals surface area contributed by atoms with Crippen molar-refractivity contribution in [3.05, 3.63) is 0 Å². The minimum absolute atomic E-state index is 0.600. The van der Waals surface area contributed by atoms with Crippen LogP contribution in [0.25, 0.3) is 0 Å². The van der Waals surface area contributed by atoms with E-state index in [9.17, 15) is 0 Å². The van der Waals surface area contributed by atoms with Crippen molar-refractivity contribution in [1.29, 1.82) is 0 Å². The molecule has 0 heterocycles. The van der Waals surface area contributed by atoms with E-state index < -0.39 is 0 Å². The predicted octanol–water partition coefficient (Wildman–Crippen LogP) is 1.39. The lowest BCUT2D eigenvalue weighted by Crippen LogP contribution is -2.28. The van der Waals surface area contributed by atoms with Crippen molar-refractivity contribution < 1.29 is 4.74 Å². The van der Waals surface area contributed by atoms with Crippen molar-refractivity contribution in [2.24, 2.45) is 0 Å². The topological polar surface area (TPSA) is 33.3 Å². The fraction of sp³-hybridized carbons (Fsp3) is 1.00. The van der Waals surface area contributed by atoms with Gasteiger partial charge in [-0.15, -0.1) is 0 Å². The number of ether oxygens (including phenoxy) is 1. The zero-order valence-corrected chi connectivity index (χ0v) is 9.94. The van der Waals surface area contributed by atoms with Crippen LogP contribution in [0.3, 0.4) is 0 Å². The van der Waals surface area contributed by atoms with E-state index in [4.69, 9.17) is 4.74 Å². The minimum atomic E-state index is 0.600. The third kappa shape index (κ3) is 11.9. The largest absolute Gasteiger partial charge is 0.380 e. The molecule has 0 radical (unpaired) electrons.